The number of fused-ring (bicyclic) bond motifs is 1. The standard InChI is InChI=1S/C15H14N2O/c16-9-11-5-6-15(17-8-7-12(18)10-17)14-4-2-1-3-13(11)14/h1-6,12,18H,7-8,10H2/t12-/m0/s1. The Bertz CT molecular complexity index is 630. The van der Waals surface area contributed by atoms with Crippen molar-refractivity contribution in [2.24, 2.45) is 0 Å². The van der Waals surface area contributed by atoms with E-state index in [9.17, 15) is 5.11 Å². The highest BCUT2D eigenvalue weighted by Crippen LogP contribution is 2.31. The zero-order valence-electron chi connectivity index (χ0n) is 10.0. The number of rotatable bonds is 1. The first-order chi connectivity index (χ1) is 8.79. The van der Waals surface area contributed by atoms with Gasteiger partial charge in [0.15, 0.2) is 0 Å². The molecule has 90 valence electrons. The first-order valence-corrected chi connectivity index (χ1v) is 6.14. The highest BCUT2D eigenvalue weighted by Gasteiger charge is 2.22. The van der Waals surface area contributed by atoms with Gasteiger partial charge in [0, 0.05) is 29.5 Å². The molecule has 0 spiro atoms. The molecule has 0 amide bonds. The van der Waals surface area contributed by atoms with Gasteiger partial charge in [0.05, 0.1) is 17.7 Å². The van der Waals surface area contributed by atoms with Crippen molar-refractivity contribution in [1.82, 2.24) is 0 Å². The molecule has 2 aromatic carbocycles. The number of β-amino-alcohol motifs (C(OH)–C–C–N with tert-alkyl or cyclic N) is 1. The molecule has 0 saturated carbocycles. The molecule has 1 fully saturated rings. The van der Waals surface area contributed by atoms with Crippen molar-refractivity contribution >= 4 is 16.5 Å². The number of anilines is 1. The largest absolute Gasteiger partial charge is 0.391 e. The van der Waals surface area contributed by atoms with Crippen molar-refractivity contribution in [3.8, 4) is 6.07 Å². The fraction of sp³-hybridized carbons (Fsp3) is 0.267. The predicted octanol–water partition coefficient (Wildman–Crippen LogP) is 2.28. The topological polar surface area (TPSA) is 47.3 Å². The van der Waals surface area contributed by atoms with Crippen molar-refractivity contribution in [3.05, 3.63) is 42.0 Å². The Labute approximate surface area is 106 Å². The van der Waals surface area contributed by atoms with Crippen LogP contribution < -0.4 is 4.90 Å². The minimum atomic E-state index is -0.237. The van der Waals surface area contributed by atoms with E-state index in [0.717, 1.165) is 29.4 Å². The summed E-state index contributed by atoms with van der Waals surface area (Å²) in [4.78, 5) is 2.19. The molecule has 0 aromatic heterocycles. The fourth-order valence-electron chi connectivity index (χ4n) is 2.62. The van der Waals surface area contributed by atoms with Gasteiger partial charge in [-0.1, -0.05) is 24.3 Å². The number of hydrogen-bond acceptors (Lipinski definition) is 3. The van der Waals surface area contributed by atoms with E-state index in [4.69, 9.17) is 5.26 Å². The molecule has 0 unspecified atom stereocenters. The third-order valence-electron chi connectivity index (χ3n) is 3.53. The van der Waals surface area contributed by atoms with E-state index in [1.165, 1.54) is 0 Å². The molecule has 3 nitrogen and oxygen atoms in total. The van der Waals surface area contributed by atoms with E-state index >= 15 is 0 Å². The SMILES string of the molecule is N#Cc1ccc(N2CC[C@H](O)C2)c2ccccc12. The van der Waals surface area contributed by atoms with Crippen molar-refractivity contribution in [1.29, 1.82) is 5.26 Å². The Kier molecular flexibility index (Phi) is 2.66. The highest BCUT2D eigenvalue weighted by molar-refractivity contribution is 5.97. The summed E-state index contributed by atoms with van der Waals surface area (Å²) >= 11 is 0. The van der Waals surface area contributed by atoms with Crippen LogP contribution in [0.15, 0.2) is 36.4 Å². The van der Waals surface area contributed by atoms with Gasteiger partial charge in [-0.05, 0) is 18.6 Å². The maximum atomic E-state index is 9.64. The molecule has 0 bridgehead atoms. The molecule has 2 aromatic rings. The highest BCUT2D eigenvalue weighted by atomic mass is 16.3. The molecule has 1 aliphatic rings. The molecule has 3 rings (SSSR count). The summed E-state index contributed by atoms with van der Waals surface area (Å²) in [6, 6.07) is 14.0. The van der Waals surface area contributed by atoms with Crippen LogP contribution in [-0.4, -0.2) is 24.3 Å². The molecular formula is C15H14N2O. The Morgan fingerprint density at radius 2 is 1.94 bits per heavy atom. The Morgan fingerprint density at radius 1 is 1.17 bits per heavy atom. The number of hydrogen-bond donors (Lipinski definition) is 1. The lowest BCUT2D eigenvalue weighted by atomic mass is 10.0. The summed E-state index contributed by atoms with van der Waals surface area (Å²) in [5.41, 5.74) is 1.82. The Hall–Kier alpha value is -2.05. The van der Waals surface area contributed by atoms with Crippen LogP contribution >= 0.6 is 0 Å². The summed E-state index contributed by atoms with van der Waals surface area (Å²) in [5.74, 6) is 0. The van der Waals surface area contributed by atoms with Gasteiger partial charge in [-0.2, -0.15) is 5.26 Å². The average molecular weight is 238 g/mol. The summed E-state index contributed by atoms with van der Waals surface area (Å²) < 4.78 is 0. The van der Waals surface area contributed by atoms with E-state index in [0.29, 0.717) is 12.1 Å². The lowest BCUT2D eigenvalue weighted by Crippen LogP contribution is -2.21. The van der Waals surface area contributed by atoms with Gasteiger partial charge in [-0.15, -0.1) is 0 Å². The van der Waals surface area contributed by atoms with Gasteiger partial charge in [0.25, 0.3) is 0 Å². The molecular weight excluding hydrogens is 224 g/mol. The zero-order valence-corrected chi connectivity index (χ0v) is 10.0. The van der Waals surface area contributed by atoms with Gasteiger partial charge < -0.3 is 10.0 Å². The number of nitrogens with zero attached hydrogens (tertiary/aromatic N) is 2. The van der Waals surface area contributed by atoms with Crippen molar-refractivity contribution < 1.29 is 5.11 Å². The number of aliphatic hydroxyl groups excluding tert-OH is 1. The number of benzene rings is 2. The van der Waals surface area contributed by atoms with Crippen LogP contribution in [0.3, 0.4) is 0 Å². The minimum absolute atomic E-state index is 0.237. The molecule has 0 aliphatic carbocycles. The number of aliphatic hydroxyl groups is 1. The first kappa shape index (κ1) is 11.1. The summed E-state index contributed by atoms with van der Waals surface area (Å²) in [7, 11) is 0. The van der Waals surface area contributed by atoms with E-state index in [2.05, 4.69) is 11.0 Å². The maximum Gasteiger partial charge on any atom is 0.0998 e. The maximum absolute atomic E-state index is 9.64. The van der Waals surface area contributed by atoms with Gasteiger partial charge in [0.2, 0.25) is 0 Å². The minimum Gasteiger partial charge on any atom is -0.391 e. The molecule has 1 heterocycles. The fourth-order valence-corrected chi connectivity index (χ4v) is 2.62. The lowest BCUT2D eigenvalue weighted by Gasteiger charge is -2.20. The van der Waals surface area contributed by atoms with Crippen LogP contribution in [0.5, 0.6) is 0 Å². The summed E-state index contributed by atoms with van der Waals surface area (Å²) in [5, 5.41) is 20.8. The Morgan fingerprint density at radius 3 is 2.61 bits per heavy atom. The van der Waals surface area contributed by atoms with E-state index in [1.807, 2.05) is 36.4 Å². The van der Waals surface area contributed by atoms with Crippen LogP contribution in [0.25, 0.3) is 10.8 Å². The third kappa shape index (κ3) is 1.71. The first-order valence-electron chi connectivity index (χ1n) is 6.14. The zero-order chi connectivity index (χ0) is 12.5. The van der Waals surface area contributed by atoms with E-state index in [1.54, 1.807) is 0 Å². The molecule has 1 saturated heterocycles. The second-order valence-electron chi connectivity index (χ2n) is 4.68. The van der Waals surface area contributed by atoms with Gasteiger partial charge >= 0.3 is 0 Å². The van der Waals surface area contributed by atoms with Gasteiger partial charge in [-0.25, -0.2) is 0 Å². The molecule has 1 atom stereocenters. The monoisotopic (exact) mass is 238 g/mol. The normalized spacial score (nSPS) is 19.1. The smallest absolute Gasteiger partial charge is 0.0998 e. The second-order valence-corrected chi connectivity index (χ2v) is 4.68. The van der Waals surface area contributed by atoms with Crippen LogP contribution in [-0.2, 0) is 0 Å². The van der Waals surface area contributed by atoms with Crippen molar-refractivity contribution in [2.45, 2.75) is 12.5 Å². The van der Waals surface area contributed by atoms with Crippen molar-refractivity contribution in [3.63, 3.8) is 0 Å². The predicted molar refractivity (Wildman–Crippen MR) is 71.5 cm³/mol. The van der Waals surface area contributed by atoms with Crippen LogP contribution in [0, 0.1) is 11.3 Å². The van der Waals surface area contributed by atoms with Crippen LogP contribution in [0.2, 0.25) is 0 Å². The van der Waals surface area contributed by atoms with Crippen molar-refractivity contribution in [2.75, 3.05) is 18.0 Å². The quantitative estimate of drug-likeness (QED) is 0.829. The third-order valence-corrected chi connectivity index (χ3v) is 3.53. The summed E-state index contributed by atoms with van der Waals surface area (Å²) in [6.45, 7) is 1.55. The second kappa shape index (κ2) is 4.32. The Balaban J connectivity index is 2.17. The lowest BCUT2D eigenvalue weighted by molar-refractivity contribution is 0.198. The van der Waals surface area contributed by atoms with Gasteiger partial charge in [0.1, 0.15) is 0 Å². The molecule has 1 N–H and O–H groups in total. The molecule has 0 radical (unpaired) electrons. The molecule has 1 aliphatic heterocycles. The number of nitriles is 1. The van der Waals surface area contributed by atoms with E-state index in [-0.39, 0.29) is 6.10 Å². The van der Waals surface area contributed by atoms with Gasteiger partial charge in [-0.3, -0.25) is 0 Å². The van der Waals surface area contributed by atoms with Crippen LogP contribution in [0.1, 0.15) is 12.0 Å². The van der Waals surface area contributed by atoms with E-state index < -0.39 is 0 Å². The van der Waals surface area contributed by atoms with Crippen LogP contribution in [0.4, 0.5) is 5.69 Å². The molecule has 3 heteroatoms. The average Bonchev–Trinajstić information content (AvgIpc) is 2.84. The molecule has 18 heavy (non-hydrogen) atoms. The summed E-state index contributed by atoms with van der Waals surface area (Å²) in [6.07, 6.45) is 0.577.